The van der Waals surface area contributed by atoms with Gasteiger partial charge in [0.05, 0.1) is 6.61 Å². The van der Waals surface area contributed by atoms with E-state index in [-0.39, 0.29) is 24.4 Å². The Bertz CT molecular complexity index is 965. The minimum Gasteiger partial charge on any atom is -0.491 e. The summed E-state index contributed by atoms with van der Waals surface area (Å²) in [5, 5.41) is 2.96. The Kier molecular flexibility index (Phi) is 11.9. The number of nitrogens with one attached hydrogen (secondary N) is 1. The van der Waals surface area contributed by atoms with Gasteiger partial charge < -0.3 is 24.4 Å². The molecule has 0 fully saturated rings. The highest BCUT2D eigenvalue weighted by Crippen LogP contribution is 2.37. The first-order chi connectivity index (χ1) is 18.1. The third kappa shape index (κ3) is 10.9. The van der Waals surface area contributed by atoms with E-state index in [1.165, 1.54) is 0 Å². The summed E-state index contributed by atoms with van der Waals surface area (Å²) in [5.41, 5.74) is 0.356. The molecule has 8 heteroatoms. The summed E-state index contributed by atoms with van der Waals surface area (Å²) in [5.74, 6) is -0.0804. The van der Waals surface area contributed by atoms with Crippen molar-refractivity contribution in [2.75, 3.05) is 25.0 Å². The topological polar surface area (TPSA) is 77.1 Å². The number of fused-ring (bicyclic) bond motifs is 1. The number of anilines is 1. The number of carbonyl (C=O) groups is 2. The molecule has 0 aliphatic heterocycles. The average molecular weight is 551 g/mol. The molecule has 0 saturated heterocycles. The summed E-state index contributed by atoms with van der Waals surface area (Å²) >= 11 is 0. The van der Waals surface area contributed by atoms with Crippen LogP contribution >= 0.6 is 0 Å². The molecule has 222 valence electrons. The van der Waals surface area contributed by atoms with Gasteiger partial charge in [0.2, 0.25) is 0 Å². The highest BCUT2D eigenvalue weighted by Gasteiger charge is 2.32. The van der Waals surface area contributed by atoms with Crippen molar-refractivity contribution in [2.45, 2.75) is 125 Å². The van der Waals surface area contributed by atoms with Crippen molar-refractivity contribution in [3.63, 3.8) is 0 Å². The lowest BCUT2D eigenvalue weighted by Crippen LogP contribution is -2.45. The Labute approximate surface area is 235 Å². The van der Waals surface area contributed by atoms with E-state index in [9.17, 15) is 9.59 Å². The van der Waals surface area contributed by atoms with Crippen LogP contribution in [0.15, 0.2) is 6.07 Å². The molecule has 1 aromatic carbocycles. The van der Waals surface area contributed by atoms with Crippen LogP contribution in [0, 0.1) is 11.7 Å². The van der Waals surface area contributed by atoms with Gasteiger partial charge in [0.1, 0.15) is 29.2 Å². The molecule has 2 rings (SSSR count). The number of benzene rings is 1. The average Bonchev–Trinajstić information content (AvgIpc) is 2.99. The molecule has 1 unspecified atom stereocenters. The lowest BCUT2D eigenvalue weighted by Gasteiger charge is -2.34. The maximum atomic E-state index is 16.3. The third-order valence-electron chi connectivity index (χ3n) is 6.45. The quantitative estimate of drug-likeness (QED) is 0.177. The minimum absolute atomic E-state index is 0.169. The first kappa shape index (κ1) is 32.7. The molecule has 0 radical (unpaired) electrons. The summed E-state index contributed by atoms with van der Waals surface area (Å²) in [4.78, 5) is 27.5. The predicted octanol–water partition coefficient (Wildman–Crippen LogP) is 7.29. The van der Waals surface area contributed by atoms with Crippen molar-refractivity contribution >= 4 is 17.7 Å². The lowest BCUT2D eigenvalue weighted by atomic mass is 9.98. The monoisotopic (exact) mass is 550 g/mol. The Balaban J connectivity index is 2.42. The highest BCUT2D eigenvalue weighted by atomic mass is 19.1. The normalized spacial score (nSPS) is 15.8. The number of hydrogen-bond donors (Lipinski definition) is 1. The number of halogens is 1. The maximum absolute atomic E-state index is 16.3. The van der Waals surface area contributed by atoms with Crippen LogP contribution in [0.25, 0.3) is 0 Å². The Morgan fingerprint density at radius 3 is 2.38 bits per heavy atom. The Morgan fingerprint density at radius 2 is 1.79 bits per heavy atom. The summed E-state index contributed by atoms with van der Waals surface area (Å²) in [6.45, 7) is 18.1. The first-order valence-electron chi connectivity index (χ1n) is 14.5. The molecular weight excluding hydrogens is 499 g/mol. The standard InChI is InChI=1S/C31H51FN2O5/c1-10-11-17-37-25-18-22-13-12-14-23(34(16-15-21(2)3)29(36)39-31(7,8)9)19-24(22)27(32)28(25)33-20-26(35)38-30(4,5)6/h18,21,23,33H,10-17,19-20H2,1-9H3. The van der Waals surface area contributed by atoms with Gasteiger partial charge in [-0.05, 0) is 103 Å². The van der Waals surface area contributed by atoms with Crippen LogP contribution in [0.2, 0.25) is 0 Å². The minimum atomic E-state index is -0.639. The van der Waals surface area contributed by atoms with Gasteiger partial charge in [-0.1, -0.05) is 27.2 Å². The molecule has 1 amide bonds. The molecule has 39 heavy (non-hydrogen) atoms. The van der Waals surface area contributed by atoms with Gasteiger partial charge in [0, 0.05) is 12.6 Å². The van der Waals surface area contributed by atoms with E-state index in [1.54, 1.807) is 25.7 Å². The van der Waals surface area contributed by atoms with Crippen molar-refractivity contribution in [3.05, 3.63) is 23.0 Å². The van der Waals surface area contributed by atoms with Gasteiger partial charge in [0.15, 0.2) is 5.82 Å². The summed E-state index contributed by atoms with van der Waals surface area (Å²) in [6.07, 6.45) is 4.88. The molecule has 1 aliphatic rings. The van der Waals surface area contributed by atoms with E-state index in [0.717, 1.165) is 37.7 Å². The molecule has 1 aromatic rings. The van der Waals surface area contributed by atoms with Crippen molar-refractivity contribution in [1.82, 2.24) is 4.90 Å². The molecule has 1 atom stereocenters. The number of carbonyl (C=O) groups excluding carboxylic acids is 2. The van der Waals surface area contributed by atoms with Crippen LogP contribution in [-0.4, -0.2) is 53.9 Å². The highest BCUT2D eigenvalue weighted by molar-refractivity contribution is 5.77. The van der Waals surface area contributed by atoms with Gasteiger partial charge in [-0.15, -0.1) is 0 Å². The second-order valence-electron chi connectivity index (χ2n) is 12.9. The molecule has 1 N–H and O–H groups in total. The summed E-state index contributed by atoms with van der Waals surface area (Å²) in [7, 11) is 0. The first-order valence-corrected chi connectivity index (χ1v) is 14.5. The number of unbranched alkanes of at least 4 members (excludes halogenated alkanes) is 1. The second-order valence-corrected chi connectivity index (χ2v) is 12.9. The van der Waals surface area contributed by atoms with Gasteiger partial charge in [-0.25, -0.2) is 9.18 Å². The second kappa shape index (κ2) is 14.2. The van der Waals surface area contributed by atoms with Gasteiger partial charge >= 0.3 is 12.1 Å². The van der Waals surface area contributed by atoms with E-state index in [4.69, 9.17) is 14.2 Å². The van der Waals surface area contributed by atoms with Crippen molar-refractivity contribution < 1.29 is 28.2 Å². The number of rotatable bonds is 11. The zero-order chi connectivity index (χ0) is 29.4. The van der Waals surface area contributed by atoms with Crippen LogP contribution < -0.4 is 10.1 Å². The molecule has 0 heterocycles. The van der Waals surface area contributed by atoms with Crippen molar-refractivity contribution in [2.24, 2.45) is 5.92 Å². The maximum Gasteiger partial charge on any atom is 0.410 e. The van der Waals surface area contributed by atoms with Gasteiger partial charge in [-0.3, -0.25) is 4.79 Å². The number of nitrogens with zero attached hydrogens (tertiary/aromatic N) is 1. The largest absolute Gasteiger partial charge is 0.491 e. The molecule has 0 saturated carbocycles. The van der Waals surface area contributed by atoms with Crippen LogP contribution in [0.1, 0.15) is 106 Å². The van der Waals surface area contributed by atoms with E-state index >= 15 is 4.39 Å². The van der Waals surface area contributed by atoms with Crippen molar-refractivity contribution in [3.8, 4) is 5.75 Å². The molecule has 0 aromatic heterocycles. The third-order valence-corrected chi connectivity index (χ3v) is 6.45. The molecule has 7 nitrogen and oxygen atoms in total. The zero-order valence-corrected chi connectivity index (χ0v) is 25.7. The fourth-order valence-electron chi connectivity index (χ4n) is 4.58. The summed E-state index contributed by atoms with van der Waals surface area (Å²) in [6, 6.07) is 1.71. The van der Waals surface area contributed by atoms with E-state index in [0.29, 0.717) is 43.2 Å². The number of hydrogen-bond acceptors (Lipinski definition) is 6. The zero-order valence-electron chi connectivity index (χ0n) is 25.7. The summed E-state index contributed by atoms with van der Waals surface area (Å²) < 4.78 is 33.4. The fraction of sp³-hybridized carbons (Fsp3) is 0.742. The van der Waals surface area contributed by atoms with Crippen molar-refractivity contribution in [1.29, 1.82) is 0 Å². The Morgan fingerprint density at radius 1 is 1.13 bits per heavy atom. The van der Waals surface area contributed by atoms with Gasteiger partial charge in [-0.2, -0.15) is 0 Å². The lowest BCUT2D eigenvalue weighted by molar-refractivity contribution is -0.152. The molecular formula is C31H51FN2O5. The Hall–Kier alpha value is -2.51. The van der Waals surface area contributed by atoms with E-state index in [2.05, 4.69) is 26.1 Å². The fourth-order valence-corrected chi connectivity index (χ4v) is 4.58. The number of ether oxygens (including phenoxy) is 3. The van der Waals surface area contributed by atoms with Crippen LogP contribution in [-0.2, 0) is 27.1 Å². The van der Waals surface area contributed by atoms with Gasteiger partial charge in [0.25, 0.3) is 0 Å². The smallest absolute Gasteiger partial charge is 0.410 e. The number of amides is 1. The van der Waals surface area contributed by atoms with Crippen LogP contribution in [0.4, 0.5) is 14.9 Å². The molecule has 0 spiro atoms. The number of esters is 1. The SMILES string of the molecule is CCCCOc1cc2c(c(F)c1NCC(=O)OC(C)(C)C)CC(N(CCC(C)C)C(=O)OC(C)(C)C)CCC2. The number of aryl methyl sites for hydroxylation is 1. The van der Waals surface area contributed by atoms with E-state index in [1.807, 2.05) is 26.8 Å². The molecule has 1 aliphatic carbocycles. The van der Waals surface area contributed by atoms with E-state index < -0.39 is 23.0 Å². The predicted molar refractivity (Wildman–Crippen MR) is 154 cm³/mol. The van der Waals surface area contributed by atoms with Crippen LogP contribution in [0.5, 0.6) is 5.75 Å². The molecule has 0 bridgehead atoms. The van der Waals surface area contributed by atoms with Crippen LogP contribution in [0.3, 0.4) is 0 Å².